The number of amides is 1. The summed E-state index contributed by atoms with van der Waals surface area (Å²) in [4.78, 5) is 28.8. The number of likely N-dealkylation sites (tertiary alicyclic amines) is 1. The van der Waals surface area contributed by atoms with Gasteiger partial charge in [-0.1, -0.05) is 0 Å². The van der Waals surface area contributed by atoms with Crippen LogP contribution in [0.3, 0.4) is 0 Å². The van der Waals surface area contributed by atoms with Crippen molar-refractivity contribution < 1.29 is 9.53 Å². The first-order valence-electron chi connectivity index (χ1n) is 10.2. The largest absolute Gasteiger partial charge is 0.376 e. The van der Waals surface area contributed by atoms with E-state index >= 15 is 0 Å². The molecule has 1 saturated heterocycles. The number of likely N-dealkylation sites (N-methyl/N-ethyl adjacent to an activating group) is 1. The molecule has 0 spiro atoms. The summed E-state index contributed by atoms with van der Waals surface area (Å²) in [6.45, 7) is 2.51. The van der Waals surface area contributed by atoms with Crippen LogP contribution in [0.4, 0.5) is 0 Å². The van der Waals surface area contributed by atoms with Gasteiger partial charge >= 0.3 is 0 Å². The molecule has 2 aliphatic carbocycles. The minimum atomic E-state index is -0.0916. The molecule has 0 radical (unpaired) electrons. The molecule has 0 N–H and O–H groups in total. The van der Waals surface area contributed by atoms with Crippen molar-refractivity contribution in [3.8, 4) is 0 Å². The summed E-state index contributed by atoms with van der Waals surface area (Å²) in [5, 5.41) is 0. The number of aromatic nitrogens is 1. The predicted octanol–water partition coefficient (Wildman–Crippen LogP) is 1.59. The number of fused-ring (bicyclic) bond motifs is 1. The molecule has 148 valence electrons. The third kappa shape index (κ3) is 3.97. The molecule has 0 aromatic carbocycles. The van der Waals surface area contributed by atoms with Gasteiger partial charge in [0.05, 0.1) is 11.7 Å². The Labute approximate surface area is 161 Å². The van der Waals surface area contributed by atoms with E-state index in [1.165, 1.54) is 23.5 Å². The minimum Gasteiger partial charge on any atom is -0.376 e. The number of nitrogens with zero attached hydrogens (tertiary/aromatic N) is 3. The van der Waals surface area contributed by atoms with Gasteiger partial charge in [0.2, 0.25) is 5.56 Å². The average molecular weight is 373 g/mol. The zero-order valence-corrected chi connectivity index (χ0v) is 16.6. The fourth-order valence-corrected chi connectivity index (χ4v) is 4.73. The summed E-state index contributed by atoms with van der Waals surface area (Å²) in [6, 6.07) is 3.55. The van der Waals surface area contributed by atoms with Crippen molar-refractivity contribution in [2.75, 3.05) is 33.8 Å². The van der Waals surface area contributed by atoms with Crippen LogP contribution >= 0.6 is 0 Å². The lowest BCUT2D eigenvalue weighted by Crippen LogP contribution is -2.48. The normalized spacial score (nSPS) is 30.6. The first-order chi connectivity index (χ1) is 12.9. The molecule has 1 amide bonds. The van der Waals surface area contributed by atoms with Gasteiger partial charge in [-0.15, -0.1) is 0 Å². The van der Waals surface area contributed by atoms with Crippen LogP contribution in [0.15, 0.2) is 23.1 Å². The smallest absolute Gasteiger partial charge is 0.255 e. The number of carbonyl (C=O) groups is 1. The number of carbonyl (C=O) groups excluding carboxylic acids is 1. The van der Waals surface area contributed by atoms with Gasteiger partial charge in [0.25, 0.3) is 5.91 Å². The van der Waals surface area contributed by atoms with Crippen LogP contribution in [-0.2, 0) is 11.8 Å². The molecule has 3 aliphatic rings. The summed E-state index contributed by atoms with van der Waals surface area (Å²) >= 11 is 0. The van der Waals surface area contributed by atoms with E-state index in [1.807, 2.05) is 4.90 Å². The first-order valence-corrected chi connectivity index (χ1v) is 10.2. The molecule has 6 heteroatoms. The Morgan fingerprint density at radius 1 is 1.19 bits per heavy atom. The Kier molecular flexibility index (Phi) is 5.12. The zero-order valence-electron chi connectivity index (χ0n) is 16.6. The fourth-order valence-electron chi connectivity index (χ4n) is 4.73. The van der Waals surface area contributed by atoms with Crippen LogP contribution in [0.1, 0.15) is 36.0 Å². The Balaban J connectivity index is 1.44. The highest BCUT2D eigenvalue weighted by atomic mass is 16.5. The molecular formula is C21H31N3O3. The van der Waals surface area contributed by atoms with Gasteiger partial charge in [0, 0.05) is 45.0 Å². The maximum absolute atomic E-state index is 12.9. The molecule has 0 bridgehead atoms. The predicted molar refractivity (Wildman–Crippen MR) is 104 cm³/mol. The Morgan fingerprint density at radius 3 is 2.52 bits per heavy atom. The highest BCUT2D eigenvalue weighted by Crippen LogP contribution is 2.40. The quantitative estimate of drug-likeness (QED) is 0.787. The molecule has 6 nitrogen and oxygen atoms in total. The van der Waals surface area contributed by atoms with Crippen molar-refractivity contribution in [2.24, 2.45) is 24.8 Å². The standard InChI is InChI=1S/C21H31N3O3/c1-22(2)18-8-16-11-24(21(26)15-6-7-20(25)23(3)10-15)12-17(16)9-19(18)27-13-14-4-5-14/h6-7,10,14,16-19H,4-5,8-9,11-13H2,1-3H3/t16-,17+,18-,19-/m1/s1. The van der Waals surface area contributed by atoms with Crippen LogP contribution in [0.25, 0.3) is 0 Å². The van der Waals surface area contributed by atoms with E-state index in [-0.39, 0.29) is 17.6 Å². The summed E-state index contributed by atoms with van der Waals surface area (Å²) in [6.07, 6.45) is 6.67. The minimum absolute atomic E-state index is 0.0388. The van der Waals surface area contributed by atoms with E-state index in [0.29, 0.717) is 23.4 Å². The number of pyridine rings is 1. The van der Waals surface area contributed by atoms with E-state index in [4.69, 9.17) is 4.74 Å². The molecule has 1 aromatic heterocycles. The number of ether oxygens (including phenoxy) is 1. The van der Waals surface area contributed by atoms with E-state index in [1.54, 1.807) is 19.3 Å². The van der Waals surface area contributed by atoms with Crippen LogP contribution in [0.5, 0.6) is 0 Å². The number of aryl methyl sites for hydroxylation is 1. The molecule has 0 unspecified atom stereocenters. The lowest BCUT2D eigenvalue weighted by atomic mass is 9.77. The highest BCUT2D eigenvalue weighted by Gasteiger charge is 2.45. The Hall–Kier alpha value is -1.66. The van der Waals surface area contributed by atoms with Crippen LogP contribution in [-0.4, -0.2) is 66.2 Å². The SMILES string of the molecule is CN(C)[C@@H]1C[C@@H]2CN(C(=O)c3ccc(=O)n(C)c3)C[C@@H]2C[C@H]1OCC1CC1. The first kappa shape index (κ1) is 18.7. The van der Waals surface area contributed by atoms with Gasteiger partial charge in [0.15, 0.2) is 0 Å². The van der Waals surface area contributed by atoms with Gasteiger partial charge in [-0.2, -0.15) is 0 Å². The molecule has 4 rings (SSSR count). The fraction of sp³-hybridized carbons (Fsp3) is 0.714. The topological polar surface area (TPSA) is 54.8 Å². The summed E-state index contributed by atoms with van der Waals surface area (Å²) < 4.78 is 7.79. The number of rotatable bonds is 5. The molecule has 27 heavy (non-hydrogen) atoms. The van der Waals surface area contributed by atoms with E-state index in [2.05, 4.69) is 19.0 Å². The van der Waals surface area contributed by atoms with Crippen LogP contribution in [0.2, 0.25) is 0 Å². The maximum Gasteiger partial charge on any atom is 0.255 e. The Morgan fingerprint density at radius 2 is 1.89 bits per heavy atom. The van der Waals surface area contributed by atoms with Crippen molar-refractivity contribution >= 4 is 5.91 Å². The summed E-state index contributed by atoms with van der Waals surface area (Å²) in [5.41, 5.74) is 0.507. The van der Waals surface area contributed by atoms with Crippen molar-refractivity contribution in [1.82, 2.24) is 14.4 Å². The second-order valence-electron chi connectivity index (χ2n) is 8.91. The average Bonchev–Trinajstić information content (AvgIpc) is 3.38. The summed E-state index contributed by atoms with van der Waals surface area (Å²) in [5.74, 6) is 1.87. The van der Waals surface area contributed by atoms with Gasteiger partial charge in [-0.3, -0.25) is 9.59 Å². The van der Waals surface area contributed by atoms with Gasteiger partial charge in [-0.05, 0) is 63.6 Å². The van der Waals surface area contributed by atoms with E-state index in [9.17, 15) is 9.59 Å². The molecule has 3 fully saturated rings. The lowest BCUT2D eigenvalue weighted by molar-refractivity contribution is -0.0493. The third-order valence-corrected chi connectivity index (χ3v) is 6.61. The molecule has 1 aliphatic heterocycles. The van der Waals surface area contributed by atoms with Crippen molar-refractivity contribution in [2.45, 2.75) is 37.8 Å². The molecule has 4 atom stereocenters. The third-order valence-electron chi connectivity index (χ3n) is 6.61. The molecular weight excluding hydrogens is 342 g/mol. The summed E-state index contributed by atoms with van der Waals surface area (Å²) in [7, 11) is 5.97. The molecule has 1 aromatic rings. The second kappa shape index (κ2) is 7.40. The van der Waals surface area contributed by atoms with Crippen LogP contribution < -0.4 is 5.56 Å². The lowest BCUT2D eigenvalue weighted by Gasteiger charge is -2.41. The van der Waals surface area contributed by atoms with Gasteiger partial charge < -0.3 is 19.1 Å². The van der Waals surface area contributed by atoms with Crippen molar-refractivity contribution in [3.63, 3.8) is 0 Å². The zero-order chi connectivity index (χ0) is 19.1. The van der Waals surface area contributed by atoms with E-state index in [0.717, 1.165) is 38.5 Å². The van der Waals surface area contributed by atoms with Gasteiger partial charge in [0.1, 0.15) is 0 Å². The highest BCUT2D eigenvalue weighted by molar-refractivity contribution is 5.94. The van der Waals surface area contributed by atoms with E-state index < -0.39 is 0 Å². The monoisotopic (exact) mass is 373 g/mol. The second-order valence-corrected chi connectivity index (χ2v) is 8.91. The molecule has 2 saturated carbocycles. The van der Waals surface area contributed by atoms with Crippen molar-refractivity contribution in [3.05, 3.63) is 34.2 Å². The Bertz CT molecular complexity index is 755. The van der Waals surface area contributed by atoms with Gasteiger partial charge in [-0.25, -0.2) is 0 Å². The maximum atomic E-state index is 12.9. The number of hydrogen-bond acceptors (Lipinski definition) is 4. The number of hydrogen-bond donors (Lipinski definition) is 0. The van der Waals surface area contributed by atoms with Crippen LogP contribution in [0, 0.1) is 17.8 Å². The van der Waals surface area contributed by atoms with Crippen molar-refractivity contribution in [1.29, 1.82) is 0 Å². The molecule has 2 heterocycles.